The second-order valence-electron chi connectivity index (χ2n) is 14.7. The van der Waals surface area contributed by atoms with Crippen molar-refractivity contribution < 1.29 is 22.7 Å². The van der Waals surface area contributed by atoms with E-state index in [0.29, 0.717) is 11.3 Å². The lowest BCUT2D eigenvalue weighted by Crippen LogP contribution is -2.54. The quantitative estimate of drug-likeness (QED) is 0.251. The van der Waals surface area contributed by atoms with Crippen LogP contribution in [0.4, 0.5) is 13.2 Å². The molecule has 0 aliphatic heterocycles. The molecule has 9 atom stereocenters. The molecule has 0 radical (unpaired) electrons. The van der Waals surface area contributed by atoms with Crippen molar-refractivity contribution in [1.82, 2.24) is 0 Å². The molecular formula is C34H49F3O2. The van der Waals surface area contributed by atoms with Crippen molar-refractivity contribution in [3.05, 3.63) is 35.1 Å². The Bertz CT molecular complexity index is 1030. The molecule has 0 saturated heterocycles. The van der Waals surface area contributed by atoms with Crippen LogP contribution in [0.25, 0.3) is 0 Å². The molecule has 4 fully saturated rings. The summed E-state index contributed by atoms with van der Waals surface area (Å²) in [5.74, 6) is 0.311. The first-order valence-electron chi connectivity index (χ1n) is 15.8. The molecule has 218 valence electrons. The zero-order chi connectivity index (χ0) is 28.1. The number of rotatable bonds is 7. The molecule has 5 heteroatoms. The van der Waals surface area contributed by atoms with E-state index in [9.17, 15) is 18.0 Å². The molecule has 0 amide bonds. The van der Waals surface area contributed by atoms with Crippen LogP contribution in [0.2, 0.25) is 0 Å². The third kappa shape index (κ3) is 5.30. The van der Waals surface area contributed by atoms with Crippen molar-refractivity contribution in [3.63, 3.8) is 0 Å². The molecule has 1 aromatic rings. The molecule has 1 aromatic carbocycles. The fourth-order valence-electron chi connectivity index (χ4n) is 10.2. The van der Waals surface area contributed by atoms with Crippen LogP contribution in [0, 0.1) is 69.7 Å². The lowest BCUT2D eigenvalue weighted by molar-refractivity contribution is -0.130. The van der Waals surface area contributed by atoms with Crippen LogP contribution in [0.5, 0.6) is 0 Å². The minimum atomic E-state index is -1.56. The number of hydrogen-bond acceptors (Lipinski definition) is 2. The van der Waals surface area contributed by atoms with Gasteiger partial charge in [0, 0.05) is 0 Å². The van der Waals surface area contributed by atoms with Gasteiger partial charge in [-0.1, -0.05) is 53.9 Å². The molecule has 0 unspecified atom stereocenters. The maximum atomic E-state index is 13.7. The van der Waals surface area contributed by atoms with E-state index in [4.69, 9.17) is 4.74 Å². The van der Waals surface area contributed by atoms with Crippen molar-refractivity contribution in [2.45, 2.75) is 118 Å². The van der Waals surface area contributed by atoms with Crippen LogP contribution >= 0.6 is 0 Å². The summed E-state index contributed by atoms with van der Waals surface area (Å²) in [4.78, 5) is 12.7. The van der Waals surface area contributed by atoms with Gasteiger partial charge in [0.1, 0.15) is 6.10 Å². The van der Waals surface area contributed by atoms with Crippen LogP contribution in [-0.2, 0) is 4.74 Å². The summed E-state index contributed by atoms with van der Waals surface area (Å²) in [7, 11) is 0. The SMILES string of the molecule is CC(C)CCC[C@@H](C)[C@H]1CC[C@H]2[C@@H]3CC[C@H]4C[C@@H](OC(=O)c5cc(F)c(F)c(F)c5)CC[C@]4(C)[C@H]3CC[C@]12C. The van der Waals surface area contributed by atoms with Crippen molar-refractivity contribution >= 4 is 5.97 Å². The fourth-order valence-corrected chi connectivity index (χ4v) is 10.2. The minimum absolute atomic E-state index is 0.250. The first-order valence-corrected chi connectivity index (χ1v) is 15.8. The van der Waals surface area contributed by atoms with E-state index in [0.717, 1.165) is 66.9 Å². The number of esters is 1. The summed E-state index contributed by atoms with van der Waals surface area (Å²) in [5, 5.41) is 0. The lowest BCUT2D eigenvalue weighted by Gasteiger charge is -2.61. The first kappa shape index (κ1) is 29.0. The van der Waals surface area contributed by atoms with E-state index >= 15 is 0 Å². The Morgan fingerprint density at radius 2 is 1.56 bits per heavy atom. The second-order valence-corrected chi connectivity index (χ2v) is 14.7. The number of fused-ring (bicyclic) bond motifs is 5. The molecule has 0 bridgehead atoms. The van der Waals surface area contributed by atoms with Gasteiger partial charge in [-0.15, -0.1) is 0 Å². The molecular weight excluding hydrogens is 497 g/mol. The number of halogens is 3. The second kappa shape index (κ2) is 11.0. The lowest BCUT2D eigenvalue weighted by atomic mass is 9.44. The molecule has 2 nitrogen and oxygen atoms in total. The highest BCUT2D eigenvalue weighted by Gasteiger charge is 2.60. The number of carbonyl (C=O) groups excluding carboxylic acids is 1. The molecule has 0 aromatic heterocycles. The maximum absolute atomic E-state index is 13.7. The van der Waals surface area contributed by atoms with Gasteiger partial charge >= 0.3 is 5.97 Å². The van der Waals surface area contributed by atoms with E-state index in [1.807, 2.05) is 0 Å². The maximum Gasteiger partial charge on any atom is 0.338 e. The standard InChI is InChI=1S/C34H49F3O2/c1-20(2)7-6-8-21(3)26-11-12-27-25-10-9-23-19-24(13-15-33(23,4)28(25)14-16-34(26,27)5)39-32(38)22-17-29(35)31(37)30(36)18-22/h17-18,20-21,23-28H,6-16,19H2,1-5H3/t21-,23+,24+,25+,26-,27+,28+,33+,34-/m1/s1. The highest BCUT2D eigenvalue weighted by Crippen LogP contribution is 2.68. The predicted octanol–water partition coefficient (Wildman–Crippen LogP) is 9.75. The Balaban J connectivity index is 1.22. The molecule has 0 spiro atoms. The Hall–Kier alpha value is -1.52. The van der Waals surface area contributed by atoms with Crippen molar-refractivity contribution in [2.75, 3.05) is 0 Å². The highest BCUT2D eigenvalue weighted by molar-refractivity contribution is 5.89. The molecule has 5 rings (SSSR count). The summed E-state index contributed by atoms with van der Waals surface area (Å²) in [5.41, 5.74) is 0.486. The fraction of sp³-hybridized carbons (Fsp3) is 0.794. The van der Waals surface area contributed by atoms with Crippen LogP contribution in [0.15, 0.2) is 12.1 Å². The summed E-state index contributed by atoms with van der Waals surface area (Å²) in [6.07, 6.45) is 14.4. The minimum Gasteiger partial charge on any atom is -0.459 e. The monoisotopic (exact) mass is 546 g/mol. The highest BCUT2D eigenvalue weighted by atomic mass is 19.2. The molecule has 4 aliphatic rings. The predicted molar refractivity (Wildman–Crippen MR) is 149 cm³/mol. The number of ether oxygens (including phenoxy) is 1. The average Bonchev–Trinajstić information content (AvgIpc) is 3.24. The Kier molecular flexibility index (Phi) is 8.21. The van der Waals surface area contributed by atoms with Gasteiger partial charge in [0.25, 0.3) is 0 Å². The topological polar surface area (TPSA) is 26.3 Å². The van der Waals surface area contributed by atoms with Crippen molar-refractivity contribution in [1.29, 1.82) is 0 Å². The van der Waals surface area contributed by atoms with Gasteiger partial charge in [-0.05, 0) is 122 Å². The molecule has 4 aliphatic carbocycles. The summed E-state index contributed by atoms with van der Waals surface area (Å²) < 4.78 is 46.4. The summed E-state index contributed by atoms with van der Waals surface area (Å²) in [6.45, 7) is 12.3. The molecule has 39 heavy (non-hydrogen) atoms. The Labute approximate surface area is 233 Å². The molecule has 4 saturated carbocycles. The van der Waals surface area contributed by atoms with Gasteiger partial charge in [-0.3, -0.25) is 0 Å². The molecule has 0 N–H and O–H groups in total. The van der Waals surface area contributed by atoms with Gasteiger partial charge in [-0.2, -0.15) is 0 Å². The molecule has 0 heterocycles. The van der Waals surface area contributed by atoms with Gasteiger partial charge in [-0.25, -0.2) is 18.0 Å². The van der Waals surface area contributed by atoms with Gasteiger partial charge < -0.3 is 4.74 Å². The van der Waals surface area contributed by atoms with Crippen molar-refractivity contribution in [3.8, 4) is 0 Å². The van der Waals surface area contributed by atoms with Crippen LogP contribution in [0.3, 0.4) is 0 Å². The average molecular weight is 547 g/mol. The van der Waals surface area contributed by atoms with E-state index in [2.05, 4.69) is 34.6 Å². The third-order valence-corrected chi connectivity index (χ3v) is 12.3. The van der Waals surface area contributed by atoms with E-state index in [-0.39, 0.29) is 17.1 Å². The normalized spacial score (nSPS) is 38.6. The van der Waals surface area contributed by atoms with E-state index < -0.39 is 23.4 Å². The zero-order valence-corrected chi connectivity index (χ0v) is 24.7. The van der Waals surface area contributed by atoms with Crippen molar-refractivity contribution in [2.24, 2.45) is 52.3 Å². The van der Waals surface area contributed by atoms with Crippen LogP contribution < -0.4 is 0 Å². The van der Waals surface area contributed by atoms with Gasteiger partial charge in [0.15, 0.2) is 17.5 Å². The zero-order valence-electron chi connectivity index (χ0n) is 24.7. The summed E-state index contributed by atoms with van der Waals surface area (Å²) in [6, 6.07) is 1.47. The largest absolute Gasteiger partial charge is 0.459 e. The number of hydrogen-bond donors (Lipinski definition) is 0. The smallest absolute Gasteiger partial charge is 0.338 e. The first-order chi connectivity index (χ1) is 18.4. The Morgan fingerprint density at radius 1 is 0.897 bits per heavy atom. The summed E-state index contributed by atoms with van der Waals surface area (Å²) >= 11 is 0. The van der Waals surface area contributed by atoms with Crippen LogP contribution in [0.1, 0.15) is 122 Å². The number of carbonyl (C=O) groups is 1. The third-order valence-electron chi connectivity index (χ3n) is 12.3. The number of benzene rings is 1. The van der Waals surface area contributed by atoms with Gasteiger partial charge in [0.05, 0.1) is 5.56 Å². The van der Waals surface area contributed by atoms with Crippen LogP contribution in [-0.4, -0.2) is 12.1 Å². The van der Waals surface area contributed by atoms with Gasteiger partial charge in [0.2, 0.25) is 0 Å². The van der Waals surface area contributed by atoms with E-state index in [1.54, 1.807) is 0 Å². The Morgan fingerprint density at radius 3 is 2.26 bits per heavy atom. The van der Waals surface area contributed by atoms with E-state index in [1.165, 1.54) is 57.8 Å².